The van der Waals surface area contributed by atoms with Gasteiger partial charge in [0, 0.05) is 0 Å². The minimum Gasteiger partial charge on any atom is -0.465 e. The normalized spacial score (nSPS) is 20.5. The lowest BCUT2D eigenvalue weighted by molar-refractivity contribution is -0.166. The van der Waals surface area contributed by atoms with E-state index in [-0.39, 0.29) is 11.9 Å². The van der Waals surface area contributed by atoms with Crippen molar-refractivity contribution in [3.63, 3.8) is 0 Å². The largest absolute Gasteiger partial charge is 0.465 e. The molecule has 31 heavy (non-hydrogen) atoms. The zero-order chi connectivity index (χ0) is 22.8. The van der Waals surface area contributed by atoms with E-state index >= 15 is 0 Å². The summed E-state index contributed by atoms with van der Waals surface area (Å²) in [5, 5.41) is 0. The first-order valence-electron chi connectivity index (χ1n) is 13.1. The molecule has 0 bridgehead atoms. The van der Waals surface area contributed by atoms with Crippen molar-refractivity contribution >= 4 is 11.9 Å². The van der Waals surface area contributed by atoms with Crippen LogP contribution in [0.1, 0.15) is 124 Å². The molecule has 0 aromatic rings. The SMILES string of the molecule is CCCCCCCCCOC(=O)C1CCC=CC1(C)C(=O)OCCCCCCCCC. The quantitative estimate of drug-likeness (QED) is 0.126. The van der Waals surface area contributed by atoms with E-state index in [0.717, 1.165) is 32.1 Å². The average Bonchev–Trinajstić information content (AvgIpc) is 2.77. The molecule has 0 saturated heterocycles. The molecule has 1 aliphatic carbocycles. The van der Waals surface area contributed by atoms with Gasteiger partial charge in [-0.25, -0.2) is 0 Å². The van der Waals surface area contributed by atoms with Gasteiger partial charge in [-0.3, -0.25) is 9.59 Å². The van der Waals surface area contributed by atoms with Crippen LogP contribution in [0.15, 0.2) is 12.2 Å². The van der Waals surface area contributed by atoms with Gasteiger partial charge in [0.15, 0.2) is 0 Å². The average molecular weight is 437 g/mol. The maximum atomic E-state index is 12.8. The summed E-state index contributed by atoms with van der Waals surface area (Å²) in [6, 6.07) is 0. The third kappa shape index (κ3) is 11.2. The Morgan fingerprint density at radius 2 is 1.26 bits per heavy atom. The Labute approximate surface area is 191 Å². The highest BCUT2D eigenvalue weighted by atomic mass is 16.5. The third-order valence-electron chi connectivity index (χ3n) is 6.51. The Morgan fingerprint density at radius 3 is 1.81 bits per heavy atom. The van der Waals surface area contributed by atoms with Crippen molar-refractivity contribution in [2.75, 3.05) is 13.2 Å². The van der Waals surface area contributed by atoms with Gasteiger partial charge in [-0.2, -0.15) is 0 Å². The van der Waals surface area contributed by atoms with Gasteiger partial charge >= 0.3 is 11.9 Å². The van der Waals surface area contributed by atoms with E-state index in [4.69, 9.17) is 9.47 Å². The predicted octanol–water partition coefficient (Wildman–Crippen LogP) is 7.55. The first-order valence-corrected chi connectivity index (χ1v) is 13.1. The second-order valence-corrected chi connectivity index (χ2v) is 9.36. The molecule has 0 heterocycles. The van der Waals surface area contributed by atoms with Gasteiger partial charge in [-0.1, -0.05) is 103 Å². The number of carbonyl (C=O) groups excluding carboxylic acids is 2. The van der Waals surface area contributed by atoms with Gasteiger partial charge in [0.2, 0.25) is 0 Å². The van der Waals surface area contributed by atoms with Crippen molar-refractivity contribution < 1.29 is 19.1 Å². The van der Waals surface area contributed by atoms with Gasteiger partial charge in [-0.15, -0.1) is 0 Å². The minimum absolute atomic E-state index is 0.245. The summed E-state index contributed by atoms with van der Waals surface area (Å²) in [7, 11) is 0. The van der Waals surface area contributed by atoms with E-state index < -0.39 is 11.3 Å². The molecule has 4 nitrogen and oxygen atoms in total. The fraction of sp³-hybridized carbons (Fsp3) is 0.852. The molecule has 0 N–H and O–H groups in total. The molecule has 0 spiro atoms. The van der Waals surface area contributed by atoms with Gasteiger partial charge < -0.3 is 9.47 Å². The standard InChI is InChI=1S/C27H48O4/c1-4-6-8-10-12-14-18-22-30-25(28)24-20-16-17-21-27(24,3)26(29)31-23-19-15-13-11-9-7-5-2/h17,21,24H,4-16,18-20,22-23H2,1-3H3. The second kappa shape index (κ2) is 17.3. The number of carbonyl (C=O) groups is 2. The molecule has 2 atom stereocenters. The van der Waals surface area contributed by atoms with Crippen molar-refractivity contribution in [2.45, 2.75) is 124 Å². The number of allylic oxidation sites excluding steroid dienone is 1. The van der Waals surface area contributed by atoms with Crippen LogP contribution in [0.5, 0.6) is 0 Å². The van der Waals surface area contributed by atoms with Crippen molar-refractivity contribution in [3.8, 4) is 0 Å². The zero-order valence-electron chi connectivity index (χ0n) is 20.6. The first-order chi connectivity index (χ1) is 15.1. The molecule has 0 aliphatic heterocycles. The predicted molar refractivity (Wildman–Crippen MR) is 128 cm³/mol. The van der Waals surface area contributed by atoms with Gasteiger partial charge in [0.05, 0.1) is 24.5 Å². The highest BCUT2D eigenvalue weighted by Gasteiger charge is 2.46. The number of hydrogen-bond acceptors (Lipinski definition) is 4. The number of rotatable bonds is 18. The lowest BCUT2D eigenvalue weighted by Gasteiger charge is -2.34. The molecule has 2 unspecified atom stereocenters. The molecule has 180 valence electrons. The highest BCUT2D eigenvalue weighted by Crippen LogP contribution is 2.38. The number of ether oxygens (including phenoxy) is 2. The van der Waals surface area contributed by atoms with Crippen molar-refractivity contribution in [3.05, 3.63) is 12.2 Å². The van der Waals surface area contributed by atoms with Crippen LogP contribution in [-0.2, 0) is 19.1 Å². The van der Waals surface area contributed by atoms with E-state index in [1.807, 2.05) is 19.1 Å². The summed E-state index contributed by atoms with van der Waals surface area (Å²) < 4.78 is 11.1. The molecule has 1 aliphatic rings. The molecular formula is C27H48O4. The lowest BCUT2D eigenvalue weighted by Crippen LogP contribution is -2.42. The maximum Gasteiger partial charge on any atom is 0.316 e. The summed E-state index contributed by atoms with van der Waals surface area (Å²) >= 11 is 0. The van der Waals surface area contributed by atoms with E-state index in [1.165, 1.54) is 64.2 Å². The molecule has 1 rings (SSSR count). The number of esters is 2. The van der Waals surface area contributed by atoms with E-state index in [9.17, 15) is 9.59 Å². The van der Waals surface area contributed by atoms with Crippen LogP contribution >= 0.6 is 0 Å². The van der Waals surface area contributed by atoms with Crippen LogP contribution in [0.25, 0.3) is 0 Å². The lowest BCUT2D eigenvalue weighted by atomic mass is 9.71. The monoisotopic (exact) mass is 436 g/mol. The van der Waals surface area contributed by atoms with Crippen LogP contribution in [0.3, 0.4) is 0 Å². The molecule has 0 aromatic carbocycles. The fourth-order valence-electron chi connectivity index (χ4n) is 4.29. The Hall–Kier alpha value is -1.32. The summed E-state index contributed by atoms with van der Waals surface area (Å²) in [4.78, 5) is 25.6. The zero-order valence-corrected chi connectivity index (χ0v) is 20.6. The van der Waals surface area contributed by atoms with Gasteiger partial charge in [0.25, 0.3) is 0 Å². The summed E-state index contributed by atoms with van der Waals surface area (Å²) in [6.07, 6.45) is 21.9. The number of hydrogen-bond donors (Lipinski definition) is 0. The minimum atomic E-state index is -0.906. The van der Waals surface area contributed by atoms with Crippen molar-refractivity contribution in [1.82, 2.24) is 0 Å². The Balaban J connectivity index is 2.32. The van der Waals surface area contributed by atoms with E-state index in [2.05, 4.69) is 13.8 Å². The molecule has 0 fully saturated rings. The summed E-state index contributed by atoms with van der Waals surface area (Å²) in [5.41, 5.74) is -0.906. The second-order valence-electron chi connectivity index (χ2n) is 9.36. The Morgan fingerprint density at radius 1 is 0.774 bits per heavy atom. The Kier molecular flexibility index (Phi) is 15.4. The molecule has 0 aromatic heterocycles. The van der Waals surface area contributed by atoms with Gasteiger partial charge in [0.1, 0.15) is 0 Å². The van der Waals surface area contributed by atoms with Gasteiger partial charge in [-0.05, 0) is 32.6 Å². The van der Waals surface area contributed by atoms with Crippen molar-refractivity contribution in [1.29, 1.82) is 0 Å². The van der Waals surface area contributed by atoms with Crippen LogP contribution < -0.4 is 0 Å². The molecule has 0 amide bonds. The maximum absolute atomic E-state index is 12.8. The summed E-state index contributed by atoms with van der Waals surface area (Å²) in [6.45, 7) is 7.17. The van der Waals surface area contributed by atoms with Crippen LogP contribution in [0.2, 0.25) is 0 Å². The molecule has 0 radical (unpaired) electrons. The summed E-state index contributed by atoms with van der Waals surface area (Å²) in [5.74, 6) is -0.971. The fourth-order valence-corrected chi connectivity index (χ4v) is 4.29. The van der Waals surface area contributed by atoms with Crippen LogP contribution in [-0.4, -0.2) is 25.2 Å². The van der Waals surface area contributed by atoms with Crippen LogP contribution in [0, 0.1) is 11.3 Å². The van der Waals surface area contributed by atoms with Crippen LogP contribution in [0.4, 0.5) is 0 Å². The van der Waals surface area contributed by atoms with Crippen molar-refractivity contribution in [2.24, 2.45) is 11.3 Å². The smallest absolute Gasteiger partial charge is 0.316 e. The molecule has 0 saturated carbocycles. The van der Waals surface area contributed by atoms with E-state index in [1.54, 1.807) is 0 Å². The number of unbranched alkanes of at least 4 members (excludes halogenated alkanes) is 12. The first kappa shape index (κ1) is 27.7. The van der Waals surface area contributed by atoms with E-state index in [0.29, 0.717) is 19.6 Å². The third-order valence-corrected chi connectivity index (χ3v) is 6.51. The molecular weight excluding hydrogens is 388 g/mol. The highest BCUT2D eigenvalue weighted by molar-refractivity contribution is 5.87. The topological polar surface area (TPSA) is 52.6 Å². The Bertz CT molecular complexity index is 513. The molecule has 4 heteroatoms.